The van der Waals surface area contributed by atoms with Gasteiger partial charge in [0, 0.05) is 5.56 Å². The van der Waals surface area contributed by atoms with E-state index in [0.717, 1.165) is 0 Å². The van der Waals surface area contributed by atoms with Crippen molar-refractivity contribution >= 4 is 29.2 Å². The van der Waals surface area contributed by atoms with Crippen molar-refractivity contribution in [3.8, 4) is 0 Å². The Labute approximate surface area is 109 Å². The Bertz CT molecular complexity index is 539. The molecule has 5 nitrogen and oxygen atoms in total. The number of thioether (sulfide) groups is 1. The third-order valence-electron chi connectivity index (χ3n) is 2.22. The molecule has 0 aliphatic heterocycles. The maximum atomic E-state index is 11.9. The van der Waals surface area contributed by atoms with Gasteiger partial charge in [-0.2, -0.15) is 0 Å². The van der Waals surface area contributed by atoms with Crippen LogP contribution in [0.3, 0.4) is 0 Å². The van der Waals surface area contributed by atoms with Crippen molar-refractivity contribution < 1.29 is 9.78 Å². The van der Waals surface area contributed by atoms with E-state index in [2.05, 4.69) is 9.97 Å². The minimum absolute atomic E-state index is 0.0387. The van der Waals surface area contributed by atoms with E-state index in [0.29, 0.717) is 22.4 Å². The van der Waals surface area contributed by atoms with Crippen molar-refractivity contribution in [3.05, 3.63) is 42.0 Å². The average molecular weight is 261 g/mol. The van der Waals surface area contributed by atoms with E-state index in [1.807, 2.05) is 18.2 Å². The molecule has 6 heteroatoms. The van der Waals surface area contributed by atoms with Gasteiger partial charge in [0.2, 0.25) is 11.6 Å². The molecule has 0 radical (unpaired) electrons. The number of nitrogens with two attached hydrogens (primary N) is 2. The highest BCUT2D eigenvalue weighted by atomic mass is 32.2. The number of benzene rings is 1. The number of nitrogens with one attached hydrogen (secondary N) is 1. The molecule has 0 saturated heterocycles. The third-order valence-corrected chi connectivity index (χ3v) is 3.09. The summed E-state index contributed by atoms with van der Waals surface area (Å²) in [7, 11) is 0. The van der Waals surface area contributed by atoms with Crippen LogP contribution in [0.15, 0.2) is 41.6 Å². The molecule has 18 heavy (non-hydrogen) atoms. The van der Waals surface area contributed by atoms with Gasteiger partial charge in [-0.15, -0.1) is 0 Å². The number of H-pyrrole nitrogens is 1. The number of rotatable bonds is 4. The minimum atomic E-state index is 0.0387. The number of hydrogen-bond donors (Lipinski definition) is 2. The molecule has 2 rings (SSSR count). The molecule has 0 bridgehead atoms. The van der Waals surface area contributed by atoms with E-state index in [-0.39, 0.29) is 11.5 Å². The summed E-state index contributed by atoms with van der Waals surface area (Å²) in [4.78, 5) is 18.8. The number of carbonyl (C=O) groups is 1. The number of aromatic nitrogens is 2. The molecule has 0 amide bonds. The van der Waals surface area contributed by atoms with Crippen molar-refractivity contribution in [1.29, 1.82) is 0 Å². The van der Waals surface area contributed by atoms with Crippen LogP contribution in [-0.2, 0) is 0 Å². The largest absolute Gasteiger partial charge is 0.370 e. The van der Waals surface area contributed by atoms with Gasteiger partial charge in [-0.1, -0.05) is 35.3 Å². The quantitative estimate of drug-likeness (QED) is 0.487. The second kappa shape index (κ2) is 5.50. The highest BCUT2D eigenvalue weighted by molar-refractivity contribution is 7.99. The molecule has 0 saturated carbocycles. The second-order valence-electron chi connectivity index (χ2n) is 3.64. The van der Waals surface area contributed by atoms with Crippen molar-refractivity contribution in [2.75, 3.05) is 17.2 Å². The Hall–Kier alpha value is -2.08. The van der Waals surface area contributed by atoms with Gasteiger partial charge >= 0.3 is 0 Å². The van der Waals surface area contributed by atoms with Crippen molar-refractivity contribution in [3.63, 3.8) is 0 Å². The molecule has 5 N–H and O–H groups in total. The Morgan fingerprint density at radius 3 is 2.67 bits per heavy atom. The lowest BCUT2D eigenvalue weighted by atomic mass is 10.2. The van der Waals surface area contributed by atoms with Crippen molar-refractivity contribution in [2.24, 2.45) is 0 Å². The zero-order valence-electron chi connectivity index (χ0n) is 9.59. The molecule has 0 aliphatic carbocycles. The summed E-state index contributed by atoms with van der Waals surface area (Å²) in [6, 6.07) is 10.6. The number of ketones is 1. The van der Waals surface area contributed by atoms with Crippen LogP contribution in [0, 0.1) is 0 Å². The van der Waals surface area contributed by atoms with Crippen LogP contribution < -0.4 is 16.5 Å². The minimum Gasteiger partial charge on any atom is -0.370 e. The second-order valence-corrected chi connectivity index (χ2v) is 4.61. The van der Waals surface area contributed by atoms with Crippen LogP contribution in [0.4, 0.5) is 11.6 Å². The number of anilines is 2. The summed E-state index contributed by atoms with van der Waals surface area (Å²) in [5.41, 5.74) is 11.9. The Kier molecular flexibility index (Phi) is 3.78. The van der Waals surface area contributed by atoms with E-state index < -0.39 is 0 Å². The lowest BCUT2D eigenvalue weighted by molar-refractivity contribution is -0.416. The number of hydrogen-bond acceptors (Lipinski definition) is 5. The summed E-state index contributed by atoms with van der Waals surface area (Å²) in [6.45, 7) is 0. The number of carbonyl (C=O) groups excluding carboxylic acids is 1. The SMILES string of the molecule is Nc1cc(N)[nH+]c(SCC(=O)c2ccccc2)n1. The fraction of sp³-hybridized carbons (Fsp3) is 0.0833. The first-order valence-corrected chi connectivity index (χ1v) is 6.30. The number of nitrogen functional groups attached to an aromatic ring is 2. The lowest BCUT2D eigenvalue weighted by Crippen LogP contribution is -2.17. The molecule has 0 unspecified atom stereocenters. The maximum Gasteiger partial charge on any atom is 0.298 e. The summed E-state index contributed by atoms with van der Waals surface area (Å²) >= 11 is 1.28. The van der Waals surface area contributed by atoms with Crippen LogP contribution >= 0.6 is 11.8 Å². The standard InChI is InChI=1S/C12H12N4OS/c13-10-6-11(14)16-12(15-10)18-7-9(17)8-4-2-1-3-5-8/h1-6H,7H2,(H4,13,14,15,16)/p+1. The summed E-state index contributed by atoms with van der Waals surface area (Å²) in [5.74, 6) is 1.09. The van der Waals surface area contributed by atoms with E-state index in [4.69, 9.17) is 11.5 Å². The number of nitrogens with zero attached hydrogens (tertiary/aromatic N) is 1. The van der Waals surface area contributed by atoms with Gasteiger partial charge in [0.1, 0.15) is 0 Å². The fourth-order valence-electron chi connectivity index (χ4n) is 1.41. The first kappa shape index (κ1) is 12.4. The maximum absolute atomic E-state index is 11.9. The van der Waals surface area contributed by atoms with Gasteiger partial charge < -0.3 is 11.5 Å². The van der Waals surface area contributed by atoms with Crippen LogP contribution in [0.25, 0.3) is 0 Å². The van der Waals surface area contributed by atoms with Gasteiger partial charge in [0.15, 0.2) is 5.78 Å². The van der Waals surface area contributed by atoms with E-state index in [9.17, 15) is 4.79 Å². The molecular formula is C12H13N4OS+. The van der Waals surface area contributed by atoms with Gasteiger partial charge in [-0.25, -0.2) is 4.98 Å². The summed E-state index contributed by atoms with van der Waals surface area (Å²) in [6.07, 6.45) is 0. The monoisotopic (exact) mass is 261 g/mol. The Morgan fingerprint density at radius 2 is 2.00 bits per heavy atom. The number of Topliss-reactive ketones (excluding diaryl/α,β-unsaturated/α-hetero) is 1. The molecule has 0 atom stereocenters. The molecular weight excluding hydrogens is 248 g/mol. The normalized spacial score (nSPS) is 10.2. The summed E-state index contributed by atoms with van der Waals surface area (Å²) in [5, 5.41) is 0.539. The fourth-order valence-corrected chi connectivity index (χ4v) is 2.20. The predicted molar refractivity (Wildman–Crippen MR) is 71.1 cm³/mol. The molecule has 0 aliphatic rings. The highest BCUT2D eigenvalue weighted by Crippen LogP contribution is 2.14. The Balaban J connectivity index is 2.02. The molecule has 0 fully saturated rings. The molecule has 1 aromatic heterocycles. The van der Waals surface area contributed by atoms with Crippen LogP contribution in [0.1, 0.15) is 10.4 Å². The molecule has 0 spiro atoms. The zero-order chi connectivity index (χ0) is 13.0. The van der Waals surface area contributed by atoms with E-state index in [1.54, 1.807) is 12.1 Å². The third kappa shape index (κ3) is 3.21. The first-order valence-electron chi connectivity index (χ1n) is 5.31. The topological polar surface area (TPSA) is 96.1 Å². The predicted octanol–water partition coefficient (Wildman–Crippen LogP) is 1.04. The highest BCUT2D eigenvalue weighted by Gasteiger charge is 2.11. The lowest BCUT2D eigenvalue weighted by Gasteiger charge is -1.99. The van der Waals surface area contributed by atoms with Gasteiger partial charge in [-0.3, -0.25) is 4.79 Å². The smallest absolute Gasteiger partial charge is 0.298 e. The van der Waals surface area contributed by atoms with Gasteiger partial charge in [0.05, 0.1) is 11.8 Å². The molecule has 1 aromatic carbocycles. The van der Waals surface area contributed by atoms with Crippen LogP contribution in [0.2, 0.25) is 0 Å². The summed E-state index contributed by atoms with van der Waals surface area (Å²) < 4.78 is 0. The van der Waals surface area contributed by atoms with Gasteiger partial charge in [0.25, 0.3) is 5.16 Å². The first-order chi connectivity index (χ1) is 8.65. The average Bonchev–Trinajstić information content (AvgIpc) is 2.36. The van der Waals surface area contributed by atoms with Crippen molar-refractivity contribution in [1.82, 2.24) is 4.98 Å². The molecule has 92 valence electrons. The van der Waals surface area contributed by atoms with Gasteiger partial charge in [-0.05, 0) is 11.8 Å². The zero-order valence-corrected chi connectivity index (χ0v) is 10.4. The van der Waals surface area contributed by atoms with Crippen LogP contribution in [-0.4, -0.2) is 16.5 Å². The Morgan fingerprint density at radius 1 is 1.28 bits per heavy atom. The molecule has 1 heterocycles. The van der Waals surface area contributed by atoms with Crippen LogP contribution in [0.5, 0.6) is 0 Å². The van der Waals surface area contributed by atoms with E-state index in [1.165, 1.54) is 17.8 Å². The van der Waals surface area contributed by atoms with Crippen molar-refractivity contribution in [2.45, 2.75) is 5.16 Å². The molecule has 2 aromatic rings. The van der Waals surface area contributed by atoms with E-state index >= 15 is 0 Å². The number of aromatic amines is 1.